The monoisotopic (exact) mass is 368 g/mol. The molecule has 1 aliphatic rings. The minimum Gasteiger partial charge on any atom is -0.378 e. The van der Waals surface area contributed by atoms with Gasteiger partial charge in [0.25, 0.3) is 0 Å². The molecule has 3 N–H and O–H groups in total. The molecule has 7 heteroatoms. The topological polar surface area (TPSA) is 73.5 Å². The number of carbonyl (C=O) groups excluding carboxylic acids is 2. The summed E-state index contributed by atoms with van der Waals surface area (Å²) in [5.41, 5.74) is 2.08. The molecule has 2 aromatic rings. The average Bonchev–Trinajstić information content (AvgIpc) is 2.63. The number of anilines is 2. The Balaban J connectivity index is 1.89. The molecule has 0 radical (unpaired) electrons. The van der Waals surface area contributed by atoms with E-state index in [0.29, 0.717) is 0 Å². The second-order valence-corrected chi connectivity index (χ2v) is 6.53. The van der Waals surface area contributed by atoms with E-state index in [0.717, 1.165) is 11.3 Å². The molecular formula is C20H21FN4O2. The molecule has 0 aromatic heterocycles. The van der Waals surface area contributed by atoms with E-state index in [4.69, 9.17) is 0 Å². The highest BCUT2D eigenvalue weighted by molar-refractivity contribution is 5.97. The lowest BCUT2D eigenvalue weighted by atomic mass is 9.88. The highest BCUT2D eigenvalue weighted by atomic mass is 19.1. The van der Waals surface area contributed by atoms with E-state index in [1.165, 1.54) is 12.1 Å². The Labute approximate surface area is 157 Å². The van der Waals surface area contributed by atoms with Crippen molar-refractivity contribution in [1.82, 2.24) is 10.6 Å². The quantitative estimate of drug-likeness (QED) is 0.777. The Morgan fingerprint density at radius 1 is 1.15 bits per heavy atom. The Morgan fingerprint density at radius 3 is 2.44 bits per heavy atom. The third-order valence-electron chi connectivity index (χ3n) is 4.45. The van der Waals surface area contributed by atoms with Crippen LogP contribution in [0.2, 0.25) is 0 Å². The number of nitrogens with zero attached hydrogens (tertiary/aromatic N) is 1. The van der Waals surface area contributed by atoms with Gasteiger partial charge in [-0.3, -0.25) is 4.79 Å². The van der Waals surface area contributed by atoms with Crippen LogP contribution >= 0.6 is 0 Å². The Morgan fingerprint density at radius 2 is 1.81 bits per heavy atom. The Hall–Kier alpha value is -3.35. The van der Waals surface area contributed by atoms with Gasteiger partial charge in [-0.05, 0) is 29.8 Å². The minimum absolute atomic E-state index is 0.0777. The first-order valence-corrected chi connectivity index (χ1v) is 8.46. The lowest BCUT2D eigenvalue weighted by molar-refractivity contribution is -0.119. The normalized spacial score (nSPS) is 19.1. The molecule has 0 bridgehead atoms. The third kappa shape index (κ3) is 3.92. The van der Waals surface area contributed by atoms with Gasteiger partial charge in [0.1, 0.15) is 11.7 Å². The maximum atomic E-state index is 13.9. The summed E-state index contributed by atoms with van der Waals surface area (Å²) in [4.78, 5) is 26.7. The lowest BCUT2D eigenvalue weighted by Crippen LogP contribution is -2.51. The van der Waals surface area contributed by atoms with Crippen LogP contribution in [0.1, 0.15) is 11.6 Å². The fourth-order valence-electron chi connectivity index (χ4n) is 3.02. The zero-order valence-electron chi connectivity index (χ0n) is 15.1. The van der Waals surface area contributed by atoms with Crippen molar-refractivity contribution in [1.29, 1.82) is 0 Å². The fourth-order valence-corrected chi connectivity index (χ4v) is 3.02. The fraction of sp³-hybridized carbons (Fsp3) is 0.200. The molecular weight excluding hydrogens is 347 g/mol. The SMILES string of the molecule is C=C1NC(=O)N[C@H](c2ccc(N(C)C)cc2)[C@H]1C(=O)Nc1ccccc1F. The van der Waals surface area contributed by atoms with Crippen molar-refractivity contribution < 1.29 is 14.0 Å². The first-order chi connectivity index (χ1) is 12.9. The summed E-state index contributed by atoms with van der Waals surface area (Å²) in [7, 11) is 3.85. The van der Waals surface area contributed by atoms with Crippen LogP contribution in [-0.4, -0.2) is 26.0 Å². The Bertz CT molecular complexity index is 880. The molecule has 27 heavy (non-hydrogen) atoms. The van der Waals surface area contributed by atoms with Crippen LogP contribution in [0.15, 0.2) is 60.8 Å². The van der Waals surface area contributed by atoms with E-state index >= 15 is 0 Å². The van der Waals surface area contributed by atoms with Crippen LogP contribution in [0.5, 0.6) is 0 Å². The van der Waals surface area contributed by atoms with Crippen molar-refractivity contribution in [3.63, 3.8) is 0 Å². The van der Waals surface area contributed by atoms with Gasteiger partial charge >= 0.3 is 6.03 Å². The molecule has 3 rings (SSSR count). The standard InChI is InChI=1S/C20H21FN4O2/c1-12-17(19(26)23-16-7-5-4-6-15(16)21)18(24-20(27)22-12)13-8-10-14(11-9-13)25(2)3/h4-11,17-18H,1H2,2-3H3,(H,23,26)(H2,22,24,27)/t17-,18+/m0/s1. The van der Waals surface area contributed by atoms with Crippen molar-refractivity contribution in [3.8, 4) is 0 Å². The van der Waals surface area contributed by atoms with Crippen molar-refractivity contribution >= 4 is 23.3 Å². The molecule has 1 heterocycles. The van der Waals surface area contributed by atoms with Crippen molar-refractivity contribution in [2.75, 3.05) is 24.3 Å². The number of hydrogen-bond donors (Lipinski definition) is 3. The van der Waals surface area contributed by atoms with Crippen LogP contribution < -0.4 is 20.9 Å². The smallest absolute Gasteiger partial charge is 0.319 e. The summed E-state index contributed by atoms with van der Waals surface area (Å²) < 4.78 is 13.9. The van der Waals surface area contributed by atoms with Gasteiger partial charge in [0, 0.05) is 25.5 Å². The van der Waals surface area contributed by atoms with Gasteiger partial charge in [-0.2, -0.15) is 0 Å². The van der Waals surface area contributed by atoms with Gasteiger partial charge < -0.3 is 20.9 Å². The van der Waals surface area contributed by atoms with E-state index in [1.807, 2.05) is 43.3 Å². The van der Waals surface area contributed by atoms with E-state index in [9.17, 15) is 14.0 Å². The number of urea groups is 1. The second-order valence-electron chi connectivity index (χ2n) is 6.53. The number of para-hydroxylation sites is 1. The van der Waals surface area contributed by atoms with E-state index < -0.39 is 29.7 Å². The van der Waals surface area contributed by atoms with E-state index in [1.54, 1.807) is 12.1 Å². The highest BCUT2D eigenvalue weighted by Gasteiger charge is 2.38. The number of carbonyl (C=O) groups is 2. The average molecular weight is 368 g/mol. The minimum atomic E-state index is -0.799. The number of hydrogen-bond acceptors (Lipinski definition) is 3. The van der Waals surface area contributed by atoms with Crippen LogP contribution in [0.4, 0.5) is 20.6 Å². The predicted octanol–water partition coefficient (Wildman–Crippen LogP) is 3.01. The molecule has 0 unspecified atom stereocenters. The van der Waals surface area contributed by atoms with E-state index in [-0.39, 0.29) is 11.4 Å². The van der Waals surface area contributed by atoms with Crippen molar-refractivity contribution in [2.24, 2.45) is 5.92 Å². The molecule has 6 nitrogen and oxygen atoms in total. The summed E-state index contributed by atoms with van der Waals surface area (Å²) in [5, 5.41) is 7.88. The number of halogens is 1. The first-order valence-electron chi connectivity index (χ1n) is 8.46. The number of rotatable bonds is 4. The zero-order valence-corrected chi connectivity index (χ0v) is 15.1. The van der Waals surface area contributed by atoms with Gasteiger partial charge in [-0.1, -0.05) is 30.8 Å². The predicted molar refractivity (Wildman–Crippen MR) is 103 cm³/mol. The maximum absolute atomic E-state index is 13.9. The molecule has 1 saturated heterocycles. The van der Waals surface area contributed by atoms with Gasteiger partial charge in [0.15, 0.2) is 0 Å². The van der Waals surface area contributed by atoms with E-state index in [2.05, 4.69) is 22.5 Å². The highest BCUT2D eigenvalue weighted by Crippen LogP contribution is 2.31. The van der Waals surface area contributed by atoms with Gasteiger partial charge in [0.2, 0.25) is 5.91 Å². The van der Waals surface area contributed by atoms with Crippen molar-refractivity contribution in [3.05, 3.63) is 72.2 Å². The molecule has 140 valence electrons. The second kappa shape index (κ2) is 7.49. The zero-order chi connectivity index (χ0) is 19.6. The molecule has 1 aliphatic heterocycles. The van der Waals surface area contributed by atoms with Crippen molar-refractivity contribution in [2.45, 2.75) is 6.04 Å². The van der Waals surface area contributed by atoms with Crippen LogP contribution in [0, 0.1) is 11.7 Å². The molecule has 0 aliphatic carbocycles. The summed E-state index contributed by atoms with van der Waals surface area (Å²) >= 11 is 0. The maximum Gasteiger partial charge on any atom is 0.319 e. The Kier molecular flexibility index (Phi) is 5.12. The summed E-state index contributed by atoms with van der Waals surface area (Å²) in [6.07, 6.45) is 0. The molecule has 1 fully saturated rings. The number of amides is 3. The molecule has 3 amide bonds. The van der Waals surface area contributed by atoms with Crippen LogP contribution in [0.3, 0.4) is 0 Å². The van der Waals surface area contributed by atoms with Gasteiger partial charge in [-0.15, -0.1) is 0 Å². The summed E-state index contributed by atoms with van der Waals surface area (Å²) in [6.45, 7) is 3.82. The number of benzene rings is 2. The third-order valence-corrected chi connectivity index (χ3v) is 4.45. The molecule has 0 saturated carbocycles. The van der Waals surface area contributed by atoms with Crippen LogP contribution in [-0.2, 0) is 4.79 Å². The molecule has 2 atom stereocenters. The number of nitrogens with one attached hydrogen (secondary N) is 3. The largest absolute Gasteiger partial charge is 0.378 e. The van der Waals surface area contributed by atoms with Gasteiger partial charge in [0.05, 0.1) is 11.7 Å². The molecule has 2 aromatic carbocycles. The lowest BCUT2D eigenvalue weighted by Gasteiger charge is -2.34. The van der Waals surface area contributed by atoms with Gasteiger partial charge in [-0.25, -0.2) is 9.18 Å². The van der Waals surface area contributed by atoms with Crippen LogP contribution in [0.25, 0.3) is 0 Å². The summed E-state index contributed by atoms with van der Waals surface area (Å²) in [5.74, 6) is -1.79. The molecule has 0 spiro atoms. The first kappa shape index (κ1) is 18.4. The summed E-state index contributed by atoms with van der Waals surface area (Å²) in [6, 6.07) is 12.4.